The zero-order valence-corrected chi connectivity index (χ0v) is 6.87. The lowest BCUT2D eigenvalue weighted by molar-refractivity contribution is 0.757. The Hall–Kier alpha value is -0.320. The molecule has 0 aromatic heterocycles. The second kappa shape index (κ2) is 7.68. The van der Waals surface area contributed by atoms with Crippen molar-refractivity contribution >= 4 is 16.1 Å². The Balaban J connectivity index is 3.04. The van der Waals surface area contributed by atoms with E-state index >= 15 is 0 Å². The lowest BCUT2D eigenvalue weighted by Crippen LogP contribution is -1.73. The molecule has 0 radical (unpaired) electrons. The van der Waals surface area contributed by atoms with Gasteiger partial charge in [-0.3, -0.25) is 0 Å². The maximum atomic E-state index is 3.69. The Bertz CT molecular complexity index is 101. The maximum absolute atomic E-state index is 3.69. The van der Waals surface area contributed by atoms with Gasteiger partial charge in [-0.2, -0.15) is 5.11 Å². The summed E-state index contributed by atoms with van der Waals surface area (Å²) in [7, 11) is 0. The van der Waals surface area contributed by atoms with Crippen LogP contribution in [0.15, 0.2) is 19.7 Å². The highest BCUT2D eigenvalue weighted by Gasteiger charge is 1.76. The van der Waals surface area contributed by atoms with Crippen molar-refractivity contribution in [1.82, 2.24) is 0 Å². The van der Waals surface area contributed by atoms with Gasteiger partial charge in [0.1, 0.15) is 16.1 Å². The van der Waals surface area contributed by atoms with E-state index in [0.29, 0.717) is 0 Å². The fraction of sp³-hybridized carbons (Fsp3) is 1.00. The van der Waals surface area contributed by atoms with Gasteiger partial charge < -0.3 is 0 Å². The number of hydrogen-bond acceptors (Lipinski definition) is 2. The van der Waals surface area contributed by atoms with Gasteiger partial charge in [0.25, 0.3) is 0 Å². The van der Waals surface area contributed by atoms with Crippen LogP contribution in [0.2, 0.25) is 0 Å². The molecule has 0 aliphatic carbocycles. The summed E-state index contributed by atoms with van der Waals surface area (Å²) in [6.45, 7) is 2.84. The normalized spacial score (nSPS) is 11.8. The molecule has 0 fully saturated rings. The molecule has 0 unspecified atom stereocenters. The minimum atomic E-state index is 0.739. The Morgan fingerprint density at radius 2 is 2.11 bits per heavy atom. The predicted molar refractivity (Wildman–Crippen MR) is 38.4 cm³/mol. The van der Waals surface area contributed by atoms with E-state index in [9.17, 15) is 0 Å². The number of rotatable bonds is 4. The number of unbranched alkanes of at least 4 members (excludes halogenated alkanes) is 1. The highest BCUT2D eigenvalue weighted by molar-refractivity contribution is 9.08. The van der Waals surface area contributed by atoms with Crippen molar-refractivity contribution in [1.29, 1.82) is 0 Å². The zero-order valence-electron chi connectivity index (χ0n) is 5.29. The Morgan fingerprint density at radius 1 is 1.33 bits per heavy atom. The lowest BCUT2D eigenvalue weighted by Gasteiger charge is -1.82. The maximum Gasteiger partial charge on any atom is 0.102 e. The SMILES string of the molecule is CCCC/N=N/N=N/Br. The van der Waals surface area contributed by atoms with Gasteiger partial charge in [0, 0.05) is 0 Å². The van der Waals surface area contributed by atoms with Gasteiger partial charge in [-0.25, -0.2) is 0 Å². The zero-order chi connectivity index (χ0) is 6.95. The predicted octanol–water partition coefficient (Wildman–Crippen LogP) is 2.92. The topological polar surface area (TPSA) is 49.4 Å². The quantitative estimate of drug-likeness (QED) is 0.374. The molecule has 0 aliphatic heterocycles. The summed E-state index contributed by atoms with van der Waals surface area (Å²) in [4.78, 5) is 0. The largest absolute Gasteiger partial charge is 0.167 e. The van der Waals surface area contributed by atoms with Crippen LogP contribution in [0.1, 0.15) is 19.8 Å². The molecular formula is C4H9BrN4. The van der Waals surface area contributed by atoms with E-state index < -0.39 is 0 Å². The number of hydrogen-bond donors (Lipinski definition) is 0. The van der Waals surface area contributed by atoms with Crippen LogP contribution in [-0.2, 0) is 0 Å². The van der Waals surface area contributed by atoms with Crippen LogP contribution >= 0.6 is 16.1 Å². The summed E-state index contributed by atoms with van der Waals surface area (Å²) in [6.07, 6.45) is 2.19. The average molecular weight is 193 g/mol. The first kappa shape index (κ1) is 8.68. The molecule has 4 nitrogen and oxygen atoms in total. The van der Waals surface area contributed by atoms with Gasteiger partial charge >= 0.3 is 0 Å². The van der Waals surface area contributed by atoms with E-state index in [-0.39, 0.29) is 0 Å². The molecule has 9 heavy (non-hydrogen) atoms. The van der Waals surface area contributed by atoms with E-state index in [1.54, 1.807) is 0 Å². The van der Waals surface area contributed by atoms with Crippen molar-refractivity contribution in [2.75, 3.05) is 6.54 Å². The van der Waals surface area contributed by atoms with Crippen LogP contribution in [0.25, 0.3) is 0 Å². The molecule has 52 valence electrons. The van der Waals surface area contributed by atoms with Crippen LogP contribution in [-0.4, -0.2) is 6.54 Å². The standard InChI is InChI=1S/C4H9BrN4/c1-2-3-4-6-8-9-7-5/h2-4H2,1H3/b8-6+,9-7+. The summed E-state index contributed by atoms with van der Waals surface area (Å²) < 4.78 is 3.21. The Kier molecular flexibility index (Phi) is 7.41. The average Bonchev–Trinajstić information content (AvgIpc) is 1.89. The van der Waals surface area contributed by atoms with Gasteiger partial charge in [-0.1, -0.05) is 17.5 Å². The van der Waals surface area contributed by atoms with Crippen molar-refractivity contribution in [3.63, 3.8) is 0 Å². The summed E-state index contributed by atoms with van der Waals surface area (Å²) in [5.74, 6) is 0. The minimum Gasteiger partial charge on any atom is -0.167 e. The molecule has 0 rings (SSSR count). The fourth-order valence-corrected chi connectivity index (χ4v) is 0.380. The summed E-state index contributed by atoms with van der Waals surface area (Å²) in [5.41, 5.74) is 0. The van der Waals surface area contributed by atoms with Crippen LogP contribution in [0.3, 0.4) is 0 Å². The number of nitrogens with zero attached hydrogens (tertiary/aromatic N) is 4. The molecule has 0 saturated carbocycles. The van der Waals surface area contributed by atoms with Crippen molar-refractivity contribution in [3.05, 3.63) is 0 Å². The molecule has 0 aromatic rings. The highest BCUT2D eigenvalue weighted by Crippen LogP contribution is 1.89. The second-order valence-electron chi connectivity index (χ2n) is 1.47. The van der Waals surface area contributed by atoms with Crippen molar-refractivity contribution in [2.24, 2.45) is 19.7 Å². The molecule has 0 aromatic carbocycles. The van der Waals surface area contributed by atoms with Gasteiger partial charge in [-0.05, 0) is 16.9 Å². The van der Waals surface area contributed by atoms with Gasteiger partial charge in [0.15, 0.2) is 0 Å². The molecule has 0 aliphatic rings. The minimum absolute atomic E-state index is 0.739. The molecule has 5 heteroatoms. The van der Waals surface area contributed by atoms with E-state index in [1.807, 2.05) is 0 Å². The summed E-state index contributed by atoms with van der Waals surface area (Å²) in [5, 5.41) is 10.3. The molecular weight excluding hydrogens is 184 g/mol. The third kappa shape index (κ3) is 7.68. The van der Waals surface area contributed by atoms with E-state index in [4.69, 9.17) is 0 Å². The highest BCUT2D eigenvalue weighted by atomic mass is 79.9. The van der Waals surface area contributed by atoms with E-state index in [1.165, 1.54) is 0 Å². The third-order valence-electron chi connectivity index (χ3n) is 0.749. The van der Waals surface area contributed by atoms with Crippen LogP contribution in [0.5, 0.6) is 0 Å². The van der Waals surface area contributed by atoms with E-state index in [2.05, 4.69) is 42.8 Å². The van der Waals surface area contributed by atoms with E-state index in [0.717, 1.165) is 19.4 Å². The van der Waals surface area contributed by atoms with Crippen LogP contribution in [0.4, 0.5) is 0 Å². The third-order valence-corrected chi connectivity index (χ3v) is 0.891. The molecule has 0 amide bonds. The first-order valence-corrected chi connectivity index (χ1v) is 3.50. The summed E-state index contributed by atoms with van der Waals surface area (Å²) in [6, 6.07) is 0. The molecule has 0 N–H and O–H groups in total. The van der Waals surface area contributed by atoms with Gasteiger partial charge in [-0.15, -0.1) is 0 Å². The number of halogens is 1. The van der Waals surface area contributed by atoms with Crippen LogP contribution < -0.4 is 0 Å². The van der Waals surface area contributed by atoms with Crippen molar-refractivity contribution in [3.8, 4) is 0 Å². The molecule has 0 atom stereocenters. The summed E-state index contributed by atoms with van der Waals surface area (Å²) >= 11 is 2.72. The molecule has 0 heterocycles. The van der Waals surface area contributed by atoms with Gasteiger partial charge in [0.2, 0.25) is 0 Å². The van der Waals surface area contributed by atoms with Crippen molar-refractivity contribution in [2.45, 2.75) is 19.8 Å². The molecule has 0 saturated heterocycles. The van der Waals surface area contributed by atoms with Crippen molar-refractivity contribution < 1.29 is 0 Å². The second-order valence-corrected chi connectivity index (χ2v) is 1.79. The Labute approximate surface area is 62.8 Å². The first-order valence-electron chi connectivity index (χ1n) is 2.79. The Morgan fingerprint density at radius 3 is 2.67 bits per heavy atom. The van der Waals surface area contributed by atoms with Gasteiger partial charge in [0.05, 0.1) is 6.54 Å². The fourth-order valence-electron chi connectivity index (χ4n) is 0.317. The smallest absolute Gasteiger partial charge is 0.102 e. The van der Waals surface area contributed by atoms with Crippen LogP contribution in [0, 0.1) is 0 Å². The molecule has 0 bridgehead atoms. The first-order chi connectivity index (χ1) is 4.41. The lowest BCUT2D eigenvalue weighted by atomic mass is 10.3. The monoisotopic (exact) mass is 192 g/mol. The molecule has 0 spiro atoms.